The van der Waals surface area contributed by atoms with Gasteiger partial charge in [0.1, 0.15) is 0 Å². The normalized spacial score (nSPS) is 12.0. The number of nitrogens with one attached hydrogen (secondary N) is 1. The summed E-state index contributed by atoms with van der Waals surface area (Å²) in [5.74, 6) is -0.215. The van der Waals surface area contributed by atoms with E-state index in [0.29, 0.717) is 30.1 Å². The number of carbonyl (C=O) groups excluding carboxylic acids is 1. The first-order chi connectivity index (χ1) is 12.4. The van der Waals surface area contributed by atoms with Crippen molar-refractivity contribution in [2.45, 2.75) is 58.9 Å². The third-order valence-corrected chi connectivity index (χ3v) is 3.91. The Bertz CT molecular complexity index is 750. The highest BCUT2D eigenvalue weighted by atomic mass is 16.5. The fraction of sp³-hybridized carbons (Fsp3) is 0.474. The van der Waals surface area contributed by atoms with Gasteiger partial charge in [0.2, 0.25) is 11.8 Å². The van der Waals surface area contributed by atoms with E-state index in [-0.39, 0.29) is 12.3 Å². The average Bonchev–Trinajstić information content (AvgIpc) is 2.99. The fourth-order valence-electron chi connectivity index (χ4n) is 2.81. The highest BCUT2D eigenvalue weighted by molar-refractivity contribution is 5.84. The Morgan fingerprint density at radius 3 is 2.50 bits per heavy atom. The summed E-state index contributed by atoms with van der Waals surface area (Å²) >= 11 is 0. The van der Waals surface area contributed by atoms with Gasteiger partial charge in [-0.1, -0.05) is 41.4 Å². The molecule has 0 aliphatic carbocycles. The van der Waals surface area contributed by atoms with E-state index in [1.54, 1.807) is 12.1 Å². The van der Waals surface area contributed by atoms with Gasteiger partial charge in [0.15, 0.2) is 11.9 Å². The second-order valence-electron chi connectivity index (χ2n) is 6.47. The van der Waals surface area contributed by atoms with Crippen LogP contribution in [0.15, 0.2) is 22.7 Å². The molecule has 0 bridgehead atoms. The van der Waals surface area contributed by atoms with E-state index in [1.165, 1.54) is 0 Å². The van der Waals surface area contributed by atoms with Crippen molar-refractivity contribution in [3.8, 4) is 0 Å². The quantitative estimate of drug-likeness (QED) is 0.713. The number of aliphatic carboxylic acids is 1. The molecule has 7 heteroatoms. The maximum atomic E-state index is 12.2. The number of rotatable bonds is 9. The Balaban J connectivity index is 1.90. The average molecular weight is 359 g/mol. The number of nitrogens with zero attached hydrogens (tertiary/aromatic N) is 2. The van der Waals surface area contributed by atoms with Crippen molar-refractivity contribution in [1.82, 2.24) is 15.5 Å². The monoisotopic (exact) mass is 359 g/mol. The van der Waals surface area contributed by atoms with Crippen LogP contribution in [0.2, 0.25) is 0 Å². The number of hydrogen-bond donors (Lipinski definition) is 2. The second kappa shape index (κ2) is 9.12. The molecule has 2 N–H and O–H groups in total. The first-order valence-electron chi connectivity index (χ1n) is 8.81. The Morgan fingerprint density at radius 1 is 1.19 bits per heavy atom. The third kappa shape index (κ3) is 5.68. The molecule has 1 heterocycles. The molecule has 2 rings (SSSR count). The summed E-state index contributed by atoms with van der Waals surface area (Å²) in [6, 6.07) is 4.46. The molecule has 7 nitrogen and oxygen atoms in total. The van der Waals surface area contributed by atoms with Gasteiger partial charge in [0, 0.05) is 19.3 Å². The highest BCUT2D eigenvalue weighted by Gasteiger charge is 2.22. The summed E-state index contributed by atoms with van der Waals surface area (Å²) in [4.78, 5) is 28.0. The lowest BCUT2D eigenvalue weighted by atomic mass is 10.0. The molecular weight excluding hydrogens is 334 g/mol. The Morgan fingerprint density at radius 2 is 1.88 bits per heavy atom. The molecule has 1 atom stereocenters. The Kier molecular flexibility index (Phi) is 6.89. The van der Waals surface area contributed by atoms with E-state index < -0.39 is 12.0 Å². The van der Waals surface area contributed by atoms with Crippen LogP contribution in [0.25, 0.3) is 0 Å². The number of carboxylic acids is 1. The molecule has 0 saturated heterocycles. The van der Waals surface area contributed by atoms with Crippen molar-refractivity contribution in [3.63, 3.8) is 0 Å². The zero-order valence-electron chi connectivity index (χ0n) is 15.4. The number of aromatic nitrogens is 2. The van der Waals surface area contributed by atoms with Crippen LogP contribution >= 0.6 is 0 Å². The molecule has 1 aromatic heterocycles. The molecule has 1 aromatic carbocycles. The molecule has 1 unspecified atom stereocenters. The number of amides is 1. The summed E-state index contributed by atoms with van der Waals surface area (Å²) in [6.45, 7) is 5.83. The van der Waals surface area contributed by atoms with Gasteiger partial charge < -0.3 is 14.9 Å². The van der Waals surface area contributed by atoms with E-state index >= 15 is 0 Å². The Labute approximate surface area is 152 Å². The minimum Gasteiger partial charge on any atom is -0.479 e. The van der Waals surface area contributed by atoms with Crippen LogP contribution in [0.1, 0.15) is 60.6 Å². The minimum absolute atomic E-state index is 0.195. The van der Waals surface area contributed by atoms with Crippen LogP contribution in [0, 0.1) is 13.8 Å². The highest BCUT2D eigenvalue weighted by Crippen LogP contribution is 2.18. The maximum absolute atomic E-state index is 12.2. The van der Waals surface area contributed by atoms with Gasteiger partial charge in [-0.2, -0.15) is 4.98 Å². The first kappa shape index (κ1) is 19.6. The largest absolute Gasteiger partial charge is 0.479 e. The molecule has 0 spiro atoms. The zero-order valence-corrected chi connectivity index (χ0v) is 15.4. The van der Waals surface area contributed by atoms with Crippen molar-refractivity contribution in [1.29, 1.82) is 0 Å². The van der Waals surface area contributed by atoms with Crippen molar-refractivity contribution in [2.75, 3.05) is 0 Å². The van der Waals surface area contributed by atoms with Crippen LogP contribution in [0.5, 0.6) is 0 Å². The molecule has 0 saturated carbocycles. The summed E-state index contributed by atoms with van der Waals surface area (Å²) in [6.07, 6.45) is 2.90. The molecular formula is C19H25N3O4. The van der Waals surface area contributed by atoms with Gasteiger partial charge in [-0.05, 0) is 32.3 Å². The maximum Gasteiger partial charge on any atom is 0.330 e. The summed E-state index contributed by atoms with van der Waals surface area (Å²) in [5, 5.41) is 15.9. The Hall–Kier alpha value is -2.70. The van der Waals surface area contributed by atoms with E-state index in [1.807, 2.05) is 26.8 Å². The number of carbonyl (C=O) groups is 2. The minimum atomic E-state index is -1.08. The smallest absolute Gasteiger partial charge is 0.330 e. The standard InChI is InChI=1S/C19H25N3O4/c1-4-6-15-20-17(26-22-15)8-5-7-16(23)21-18(19(24)25)14-10-12(2)9-13(3)11-14/h9-11,18H,4-8H2,1-3H3,(H,21,23)(H,24,25). The van der Waals surface area contributed by atoms with E-state index in [2.05, 4.69) is 15.5 Å². The SMILES string of the molecule is CCCc1noc(CCCC(=O)NC(C(=O)O)c2cc(C)cc(C)c2)n1. The molecule has 0 aliphatic heterocycles. The zero-order chi connectivity index (χ0) is 19.1. The topological polar surface area (TPSA) is 105 Å². The first-order valence-corrected chi connectivity index (χ1v) is 8.81. The van der Waals surface area contributed by atoms with Crippen LogP contribution in [-0.2, 0) is 22.4 Å². The lowest BCUT2D eigenvalue weighted by Crippen LogP contribution is -2.33. The van der Waals surface area contributed by atoms with Gasteiger partial charge in [0.25, 0.3) is 0 Å². The molecule has 1 amide bonds. The van der Waals surface area contributed by atoms with Crippen molar-refractivity contribution in [2.24, 2.45) is 0 Å². The predicted octanol–water partition coefficient (Wildman–Crippen LogP) is 2.90. The van der Waals surface area contributed by atoms with Crippen LogP contribution in [0.4, 0.5) is 0 Å². The van der Waals surface area contributed by atoms with Crippen LogP contribution in [0.3, 0.4) is 0 Å². The van der Waals surface area contributed by atoms with Crippen molar-refractivity contribution >= 4 is 11.9 Å². The number of carboxylic acid groups (broad SMARTS) is 1. The molecule has 0 fully saturated rings. The van der Waals surface area contributed by atoms with Gasteiger partial charge in [-0.15, -0.1) is 0 Å². The molecule has 2 aromatic rings. The van der Waals surface area contributed by atoms with Gasteiger partial charge in [0.05, 0.1) is 0 Å². The van der Waals surface area contributed by atoms with E-state index in [9.17, 15) is 14.7 Å². The van der Waals surface area contributed by atoms with Crippen LogP contribution in [-0.4, -0.2) is 27.1 Å². The van der Waals surface area contributed by atoms with Gasteiger partial charge in [-0.3, -0.25) is 4.79 Å². The van der Waals surface area contributed by atoms with Crippen molar-refractivity contribution in [3.05, 3.63) is 46.6 Å². The third-order valence-electron chi connectivity index (χ3n) is 3.91. The van der Waals surface area contributed by atoms with Crippen LogP contribution < -0.4 is 5.32 Å². The number of benzene rings is 1. The summed E-state index contributed by atoms with van der Waals surface area (Å²) in [7, 11) is 0. The second-order valence-corrected chi connectivity index (χ2v) is 6.47. The predicted molar refractivity (Wildman–Crippen MR) is 95.7 cm³/mol. The van der Waals surface area contributed by atoms with E-state index in [4.69, 9.17) is 4.52 Å². The van der Waals surface area contributed by atoms with Crippen molar-refractivity contribution < 1.29 is 19.2 Å². The van der Waals surface area contributed by atoms with Gasteiger partial charge in [-0.25, -0.2) is 4.79 Å². The summed E-state index contributed by atoms with van der Waals surface area (Å²) in [5.41, 5.74) is 2.49. The fourth-order valence-corrected chi connectivity index (χ4v) is 2.81. The summed E-state index contributed by atoms with van der Waals surface area (Å²) < 4.78 is 5.13. The number of hydrogen-bond acceptors (Lipinski definition) is 5. The molecule has 0 radical (unpaired) electrons. The molecule has 0 aliphatic rings. The van der Waals surface area contributed by atoms with E-state index in [0.717, 1.165) is 24.0 Å². The van der Waals surface area contributed by atoms with Gasteiger partial charge >= 0.3 is 5.97 Å². The molecule has 140 valence electrons. The number of aryl methyl sites for hydroxylation is 4. The molecule has 26 heavy (non-hydrogen) atoms. The lowest BCUT2D eigenvalue weighted by molar-refractivity contribution is -0.142. The lowest BCUT2D eigenvalue weighted by Gasteiger charge is -2.16.